The summed E-state index contributed by atoms with van der Waals surface area (Å²) in [6, 6.07) is 12.7. The molecule has 3 rings (SSSR count). The molecule has 1 aliphatic heterocycles. The fourth-order valence-corrected chi connectivity index (χ4v) is 3.92. The summed E-state index contributed by atoms with van der Waals surface area (Å²) in [5, 5.41) is 17.1. The average Bonchev–Trinajstić information content (AvgIpc) is 3.32. The van der Waals surface area contributed by atoms with Crippen molar-refractivity contribution >= 4 is 17.7 Å². The van der Waals surface area contributed by atoms with Crippen LogP contribution in [0.2, 0.25) is 0 Å². The first-order valence-corrected chi connectivity index (χ1v) is 11.6. The summed E-state index contributed by atoms with van der Waals surface area (Å²) in [5.41, 5.74) is 0.668. The number of ether oxygens (including phenoxy) is 3. The van der Waals surface area contributed by atoms with Crippen LogP contribution in [0.1, 0.15) is 45.2 Å². The molecule has 2 aromatic carbocycles. The Kier molecular flexibility index (Phi) is 8.45. The molecule has 0 spiro atoms. The lowest BCUT2D eigenvalue weighted by Gasteiger charge is -2.31. The van der Waals surface area contributed by atoms with Crippen molar-refractivity contribution in [2.24, 2.45) is 0 Å². The van der Waals surface area contributed by atoms with E-state index in [0.717, 1.165) is 0 Å². The number of hydrogen-bond donors (Lipinski definition) is 3. The smallest absolute Gasteiger partial charge is 0.410 e. The zero-order chi connectivity index (χ0) is 25.6. The maximum Gasteiger partial charge on any atom is 0.410 e. The highest BCUT2D eigenvalue weighted by atomic mass is 16.6. The first-order chi connectivity index (χ1) is 16.6. The van der Waals surface area contributed by atoms with E-state index in [-0.39, 0.29) is 5.91 Å². The predicted octanol–water partition coefficient (Wildman–Crippen LogP) is 3.69. The van der Waals surface area contributed by atoms with E-state index in [2.05, 4.69) is 10.6 Å². The number of nitrogens with one attached hydrogen (secondary N) is 2. The van der Waals surface area contributed by atoms with Crippen molar-refractivity contribution in [1.82, 2.24) is 10.2 Å². The number of anilines is 1. The van der Waals surface area contributed by atoms with Crippen molar-refractivity contribution < 1.29 is 28.9 Å². The van der Waals surface area contributed by atoms with Crippen LogP contribution in [-0.2, 0) is 9.53 Å². The lowest BCUT2D eigenvalue weighted by molar-refractivity contribution is -0.127. The van der Waals surface area contributed by atoms with Gasteiger partial charge in [-0.25, -0.2) is 4.79 Å². The van der Waals surface area contributed by atoms with E-state index in [1.165, 1.54) is 4.90 Å². The molecule has 2 aromatic rings. The van der Waals surface area contributed by atoms with Crippen LogP contribution in [0.25, 0.3) is 0 Å². The highest BCUT2D eigenvalue weighted by Crippen LogP contribution is 2.26. The molecule has 0 aromatic heterocycles. The lowest BCUT2D eigenvalue weighted by atomic mass is 10.0. The lowest BCUT2D eigenvalue weighted by Crippen LogP contribution is -2.50. The second-order valence-electron chi connectivity index (χ2n) is 9.41. The van der Waals surface area contributed by atoms with Gasteiger partial charge in [-0.2, -0.15) is 0 Å². The second kappa shape index (κ2) is 11.3. The molecule has 3 atom stereocenters. The molecule has 35 heavy (non-hydrogen) atoms. The van der Waals surface area contributed by atoms with Crippen LogP contribution in [-0.4, -0.2) is 60.6 Å². The third-order valence-electron chi connectivity index (χ3n) is 5.68. The summed E-state index contributed by atoms with van der Waals surface area (Å²) in [5.74, 6) is 0.988. The van der Waals surface area contributed by atoms with Crippen LogP contribution < -0.4 is 20.1 Å². The van der Waals surface area contributed by atoms with Crippen molar-refractivity contribution in [3.8, 4) is 11.5 Å². The largest absolute Gasteiger partial charge is 0.497 e. The number of aliphatic hydroxyl groups is 1. The molecule has 1 saturated heterocycles. The van der Waals surface area contributed by atoms with Gasteiger partial charge in [0.15, 0.2) is 0 Å². The van der Waals surface area contributed by atoms with Crippen molar-refractivity contribution in [2.45, 2.75) is 57.5 Å². The fourth-order valence-electron chi connectivity index (χ4n) is 3.92. The van der Waals surface area contributed by atoms with Crippen LogP contribution in [0.4, 0.5) is 10.5 Å². The van der Waals surface area contributed by atoms with E-state index in [0.29, 0.717) is 42.1 Å². The quantitative estimate of drug-likeness (QED) is 0.489. The minimum atomic E-state index is -1.16. The van der Waals surface area contributed by atoms with Gasteiger partial charge >= 0.3 is 6.09 Å². The Morgan fingerprint density at radius 1 is 1.00 bits per heavy atom. The Morgan fingerprint density at radius 2 is 1.57 bits per heavy atom. The molecule has 1 heterocycles. The Bertz CT molecular complexity index is 988. The number of carbonyl (C=O) groups excluding carboxylic acids is 2. The molecular formula is C26H35N3O6. The van der Waals surface area contributed by atoms with Crippen LogP contribution in [0.5, 0.6) is 11.5 Å². The number of hydrogen-bond acceptors (Lipinski definition) is 7. The number of methoxy groups -OCH3 is 2. The highest BCUT2D eigenvalue weighted by molar-refractivity contribution is 5.86. The molecule has 1 fully saturated rings. The normalized spacial score (nSPS) is 17.3. The highest BCUT2D eigenvalue weighted by Gasteiger charge is 2.38. The molecule has 2 amide bonds. The van der Waals surface area contributed by atoms with Gasteiger partial charge in [-0.3, -0.25) is 9.69 Å². The fraction of sp³-hybridized carbons (Fsp3) is 0.462. The predicted molar refractivity (Wildman–Crippen MR) is 132 cm³/mol. The van der Waals surface area contributed by atoms with Gasteiger partial charge in [0.2, 0.25) is 5.91 Å². The monoisotopic (exact) mass is 485 g/mol. The molecule has 1 aliphatic rings. The van der Waals surface area contributed by atoms with Crippen LogP contribution in [0, 0.1) is 0 Å². The Morgan fingerprint density at radius 3 is 2.11 bits per heavy atom. The summed E-state index contributed by atoms with van der Waals surface area (Å²) in [4.78, 5) is 27.5. The second-order valence-corrected chi connectivity index (χ2v) is 9.41. The molecule has 9 nitrogen and oxygen atoms in total. The number of benzene rings is 2. The summed E-state index contributed by atoms with van der Waals surface area (Å²) in [6.07, 6.45) is -0.468. The van der Waals surface area contributed by atoms with Gasteiger partial charge in [0.05, 0.1) is 20.3 Å². The topological polar surface area (TPSA) is 109 Å². The van der Waals surface area contributed by atoms with Crippen LogP contribution in [0.3, 0.4) is 0 Å². The van der Waals surface area contributed by atoms with Gasteiger partial charge in [-0.15, -0.1) is 0 Å². The molecule has 0 saturated carbocycles. The van der Waals surface area contributed by atoms with E-state index >= 15 is 0 Å². The van der Waals surface area contributed by atoms with Gasteiger partial charge in [0.1, 0.15) is 29.4 Å². The number of likely N-dealkylation sites (tertiary alicyclic amines) is 1. The number of carbonyl (C=O) groups is 2. The van der Waals surface area contributed by atoms with Crippen LogP contribution in [0.15, 0.2) is 48.5 Å². The molecule has 0 radical (unpaired) electrons. The van der Waals surface area contributed by atoms with E-state index < -0.39 is 30.0 Å². The van der Waals surface area contributed by atoms with Gasteiger partial charge in [-0.1, -0.05) is 12.1 Å². The van der Waals surface area contributed by atoms with Gasteiger partial charge in [0.25, 0.3) is 0 Å². The van der Waals surface area contributed by atoms with Crippen molar-refractivity contribution in [3.05, 3.63) is 54.1 Å². The molecule has 1 unspecified atom stereocenters. The molecule has 0 bridgehead atoms. The molecular weight excluding hydrogens is 450 g/mol. The maximum atomic E-state index is 13.3. The molecule has 3 N–H and O–H groups in total. The van der Waals surface area contributed by atoms with E-state index in [1.54, 1.807) is 83.5 Å². The van der Waals surface area contributed by atoms with Crippen molar-refractivity contribution in [3.63, 3.8) is 0 Å². The maximum absolute atomic E-state index is 13.3. The summed E-state index contributed by atoms with van der Waals surface area (Å²) >= 11 is 0. The van der Waals surface area contributed by atoms with E-state index in [1.807, 2.05) is 0 Å². The zero-order valence-electron chi connectivity index (χ0n) is 20.9. The summed E-state index contributed by atoms with van der Waals surface area (Å²) in [6.45, 7) is 5.80. The third-order valence-corrected chi connectivity index (χ3v) is 5.68. The zero-order valence-corrected chi connectivity index (χ0v) is 20.9. The first-order valence-electron chi connectivity index (χ1n) is 11.6. The molecule has 0 aliphatic carbocycles. The third kappa shape index (κ3) is 7.02. The Balaban J connectivity index is 1.79. The molecule has 9 heteroatoms. The number of amides is 2. The minimum absolute atomic E-state index is 0.357. The van der Waals surface area contributed by atoms with Gasteiger partial charge in [-0.05, 0) is 75.6 Å². The number of aliphatic hydroxyl groups excluding tert-OH is 1. The number of rotatable bonds is 8. The van der Waals surface area contributed by atoms with E-state index in [9.17, 15) is 14.7 Å². The number of nitrogens with zero attached hydrogens (tertiary/aromatic N) is 1. The standard InChI is InChI=1S/C26H35N3O6/c1-26(2,3)35-25(32)29-16-6-7-21(29)23(30)28-22(17-8-12-19(33-4)13-9-17)24(31)27-18-10-14-20(34-5)15-11-18/h8-15,21-22,24,27,31H,6-7,16H2,1-5H3,(H,28,30)/t21-,22-,24?/m0/s1. The van der Waals surface area contributed by atoms with Gasteiger partial charge < -0.3 is 30.0 Å². The average molecular weight is 486 g/mol. The van der Waals surface area contributed by atoms with Gasteiger partial charge in [0, 0.05) is 12.2 Å². The summed E-state index contributed by atoms with van der Waals surface area (Å²) in [7, 11) is 3.15. The molecule has 190 valence electrons. The Labute approximate surface area is 206 Å². The van der Waals surface area contributed by atoms with Crippen molar-refractivity contribution in [2.75, 3.05) is 26.1 Å². The van der Waals surface area contributed by atoms with Crippen LogP contribution >= 0.6 is 0 Å². The Hall–Kier alpha value is -3.46. The minimum Gasteiger partial charge on any atom is -0.497 e. The summed E-state index contributed by atoms with van der Waals surface area (Å²) < 4.78 is 15.9. The van der Waals surface area contributed by atoms with E-state index in [4.69, 9.17) is 14.2 Å². The first kappa shape index (κ1) is 26.2. The SMILES string of the molecule is COc1ccc(NC(O)[C@@H](NC(=O)[C@@H]2CCCN2C(=O)OC(C)(C)C)c2ccc(OC)cc2)cc1. The van der Waals surface area contributed by atoms with Crippen molar-refractivity contribution in [1.29, 1.82) is 0 Å².